The normalized spacial score (nSPS) is 13.5. The van der Waals surface area contributed by atoms with Gasteiger partial charge in [-0.1, -0.05) is 173 Å². The molecule has 0 bridgehead atoms. The third kappa shape index (κ3) is 40.0. The van der Waals surface area contributed by atoms with E-state index in [4.69, 9.17) is 24.3 Å². The number of allylic oxidation sites excluding steroid dienone is 4. The highest BCUT2D eigenvalue weighted by molar-refractivity contribution is 7.47. The molecule has 0 saturated carbocycles. The molecule has 2 atom stereocenters. The number of rotatable bonds is 41. The van der Waals surface area contributed by atoms with E-state index in [0.29, 0.717) is 6.42 Å². The molecule has 0 aromatic heterocycles. The van der Waals surface area contributed by atoms with E-state index in [1.807, 2.05) is 0 Å². The second kappa shape index (κ2) is 40.2. The summed E-state index contributed by atoms with van der Waals surface area (Å²) >= 11 is 0. The first-order valence-electron chi connectivity index (χ1n) is 21.8. The van der Waals surface area contributed by atoms with E-state index < -0.39 is 26.5 Å². The fraction of sp³-hybridized carbons (Fsp3) is 0.860. The van der Waals surface area contributed by atoms with E-state index in [-0.39, 0.29) is 38.6 Å². The molecule has 3 N–H and O–H groups in total. The molecule has 0 rings (SSSR count). The van der Waals surface area contributed by atoms with Gasteiger partial charge in [-0.05, 0) is 44.9 Å². The van der Waals surface area contributed by atoms with Crippen molar-refractivity contribution in [2.75, 3.05) is 26.4 Å². The van der Waals surface area contributed by atoms with Crippen molar-refractivity contribution in [2.45, 2.75) is 213 Å². The summed E-state index contributed by atoms with van der Waals surface area (Å²) in [4.78, 5) is 34.7. The minimum Gasteiger partial charge on any atom is -0.462 e. The number of esters is 2. The van der Waals surface area contributed by atoms with Crippen LogP contribution in [0.5, 0.6) is 0 Å². The summed E-state index contributed by atoms with van der Waals surface area (Å²) in [5, 5.41) is 0. The lowest BCUT2D eigenvalue weighted by molar-refractivity contribution is -0.161. The Hall–Kier alpha value is -1.51. The molecule has 0 aliphatic heterocycles. The number of hydrogen-bond donors (Lipinski definition) is 2. The SMILES string of the molecule is CCCCCCC/C=C\C/C=C\CCCCCCCCCCCCCC(=O)OC(COC(=O)CCCCCCCCCCC)COP(=O)(O)OCCN. The summed E-state index contributed by atoms with van der Waals surface area (Å²) in [5.74, 6) is -0.828. The van der Waals surface area contributed by atoms with Gasteiger partial charge in [-0.15, -0.1) is 0 Å². The molecule has 0 heterocycles. The molecule has 2 unspecified atom stereocenters. The maximum Gasteiger partial charge on any atom is 0.472 e. The first-order chi connectivity index (χ1) is 25.8. The quantitative estimate of drug-likeness (QED) is 0.0269. The van der Waals surface area contributed by atoms with Crippen molar-refractivity contribution in [2.24, 2.45) is 5.73 Å². The van der Waals surface area contributed by atoms with Crippen LogP contribution in [0.1, 0.15) is 206 Å². The highest BCUT2D eigenvalue weighted by atomic mass is 31.2. The Labute approximate surface area is 325 Å². The van der Waals surface area contributed by atoms with Gasteiger partial charge in [-0.25, -0.2) is 4.57 Å². The molecule has 0 aliphatic carbocycles. The zero-order chi connectivity index (χ0) is 38.9. The number of unbranched alkanes of at least 4 members (excludes halogenated alkanes) is 24. The van der Waals surface area contributed by atoms with Crippen LogP contribution in [0.25, 0.3) is 0 Å². The first-order valence-corrected chi connectivity index (χ1v) is 23.3. The fourth-order valence-electron chi connectivity index (χ4n) is 6.08. The van der Waals surface area contributed by atoms with E-state index in [2.05, 4.69) is 38.2 Å². The molecule has 9 nitrogen and oxygen atoms in total. The van der Waals surface area contributed by atoms with Crippen LogP contribution in [0.15, 0.2) is 24.3 Å². The van der Waals surface area contributed by atoms with Crippen LogP contribution in [-0.2, 0) is 32.7 Å². The Morgan fingerprint density at radius 2 is 0.981 bits per heavy atom. The molecule has 0 saturated heterocycles. The number of carbonyl (C=O) groups excluding carboxylic acids is 2. The molecular weight excluding hydrogens is 689 g/mol. The molecule has 312 valence electrons. The minimum absolute atomic E-state index is 0.0547. The smallest absolute Gasteiger partial charge is 0.462 e. The average molecular weight is 772 g/mol. The third-order valence-corrected chi connectivity index (χ3v) is 10.3. The lowest BCUT2D eigenvalue weighted by Gasteiger charge is -2.19. The number of hydrogen-bond acceptors (Lipinski definition) is 8. The van der Waals surface area contributed by atoms with Gasteiger partial charge in [-0.2, -0.15) is 0 Å². The monoisotopic (exact) mass is 772 g/mol. The molecular formula is C43H82NO8P. The summed E-state index contributed by atoms with van der Waals surface area (Å²) in [6.45, 7) is 3.71. The highest BCUT2D eigenvalue weighted by Crippen LogP contribution is 2.43. The molecule has 10 heteroatoms. The predicted octanol–water partition coefficient (Wildman–Crippen LogP) is 12.4. The molecule has 0 amide bonds. The molecule has 0 aromatic rings. The fourth-order valence-corrected chi connectivity index (χ4v) is 6.84. The largest absolute Gasteiger partial charge is 0.472 e. The maximum atomic E-state index is 12.6. The average Bonchev–Trinajstić information content (AvgIpc) is 3.14. The van der Waals surface area contributed by atoms with Crippen LogP contribution < -0.4 is 5.73 Å². The number of phosphoric ester groups is 1. The molecule has 0 spiro atoms. The Bertz CT molecular complexity index is 928. The van der Waals surface area contributed by atoms with Crippen molar-refractivity contribution in [1.82, 2.24) is 0 Å². The lowest BCUT2D eigenvalue weighted by atomic mass is 10.0. The summed E-state index contributed by atoms with van der Waals surface area (Å²) in [7, 11) is -4.37. The topological polar surface area (TPSA) is 134 Å². The van der Waals surface area contributed by atoms with Gasteiger partial charge < -0.3 is 20.1 Å². The minimum atomic E-state index is -4.37. The number of carbonyl (C=O) groups is 2. The summed E-state index contributed by atoms with van der Waals surface area (Å²) in [5.41, 5.74) is 5.34. The van der Waals surface area contributed by atoms with Crippen LogP contribution >= 0.6 is 7.82 Å². The van der Waals surface area contributed by atoms with Crippen LogP contribution in [0.2, 0.25) is 0 Å². The Balaban J connectivity index is 4.02. The van der Waals surface area contributed by atoms with Crippen LogP contribution in [-0.4, -0.2) is 49.3 Å². The second-order valence-corrected chi connectivity index (χ2v) is 16.0. The molecule has 0 aliphatic rings. The first kappa shape index (κ1) is 51.5. The van der Waals surface area contributed by atoms with Crippen LogP contribution in [0.3, 0.4) is 0 Å². The maximum absolute atomic E-state index is 12.6. The third-order valence-electron chi connectivity index (χ3n) is 9.34. The van der Waals surface area contributed by atoms with Crippen molar-refractivity contribution >= 4 is 19.8 Å². The lowest BCUT2D eigenvalue weighted by Crippen LogP contribution is -2.29. The van der Waals surface area contributed by atoms with Crippen LogP contribution in [0, 0.1) is 0 Å². The van der Waals surface area contributed by atoms with Gasteiger partial charge in [0, 0.05) is 19.4 Å². The molecule has 0 fully saturated rings. The van der Waals surface area contributed by atoms with Gasteiger partial charge in [0.25, 0.3) is 0 Å². The van der Waals surface area contributed by atoms with Crippen molar-refractivity contribution in [3.8, 4) is 0 Å². The molecule has 0 radical (unpaired) electrons. The Morgan fingerprint density at radius 1 is 0.566 bits per heavy atom. The summed E-state index contributed by atoms with van der Waals surface area (Å²) < 4.78 is 32.7. The van der Waals surface area contributed by atoms with Gasteiger partial charge >= 0.3 is 19.8 Å². The van der Waals surface area contributed by atoms with Gasteiger partial charge in [-0.3, -0.25) is 18.6 Å². The van der Waals surface area contributed by atoms with Crippen molar-refractivity contribution < 1.29 is 37.6 Å². The molecule has 0 aromatic carbocycles. The van der Waals surface area contributed by atoms with Gasteiger partial charge in [0.1, 0.15) is 6.61 Å². The van der Waals surface area contributed by atoms with E-state index in [9.17, 15) is 19.0 Å². The van der Waals surface area contributed by atoms with Gasteiger partial charge in [0.2, 0.25) is 0 Å². The summed E-state index contributed by atoms with van der Waals surface area (Å²) in [6.07, 6.45) is 42.2. The van der Waals surface area contributed by atoms with Gasteiger partial charge in [0.05, 0.1) is 13.2 Å². The zero-order valence-electron chi connectivity index (χ0n) is 34.3. The van der Waals surface area contributed by atoms with E-state index >= 15 is 0 Å². The van der Waals surface area contributed by atoms with E-state index in [0.717, 1.165) is 44.9 Å². The van der Waals surface area contributed by atoms with E-state index in [1.165, 1.54) is 128 Å². The van der Waals surface area contributed by atoms with Crippen molar-refractivity contribution in [3.63, 3.8) is 0 Å². The predicted molar refractivity (Wildman–Crippen MR) is 220 cm³/mol. The van der Waals surface area contributed by atoms with E-state index in [1.54, 1.807) is 0 Å². The number of nitrogens with two attached hydrogens (primary N) is 1. The zero-order valence-corrected chi connectivity index (χ0v) is 35.2. The number of phosphoric acid groups is 1. The van der Waals surface area contributed by atoms with Gasteiger partial charge in [0.15, 0.2) is 6.10 Å². The Kier molecular flexibility index (Phi) is 39.0. The van der Waals surface area contributed by atoms with Crippen LogP contribution in [0.4, 0.5) is 0 Å². The Morgan fingerprint density at radius 3 is 1.43 bits per heavy atom. The number of ether oxygens (including phenoxy) is 2. The second-order valence-electron chi connectivity index (χ2n) is 14.6. The standard InChI is InChI=1S/C43H82NO8P/c1-3-5-7-9-11-13-14-15-16-17-18-19-20-21-22-23-24-25-26-28-30-32-34-36-43(46)52-41(40-51-53(47,48)50-38-37-44)39-49-42(45)35-33-31-29-27-12-10-8-6-4-2/h14-15,17-18,41H,3-13,16,19-40,44H2,1-2H3,(H,47,48)/b15-14-,18-17-. The summed E-state index contributed by atoms with van der Waals surface area (Å²) in [6, 6.07) is 0. The van der Waals surface area contributed by atoms with Crippen molar-refractivity contribution in [3.05, 3.63) is 24.3 Å². The van der Waals surface area contributed by atoms with Crippen molar-refractivity contribution in [1.29, 1.82) is 0 Å². The molecule has 53 heavy (non-hydrogen) atoms. The highest BCUT2D eigenvalue weighted by Gasteiger charge is 2.26.